The zero-order valence-corrected chi connectivity index (χ0v) is 8.35. The van der Waals surface area contributed by atoms with Crippen molar-refractivity contribution in [1.29, 1.82) is 0 Å². The third-order valence-corrected chi connectivity index (χ3v) is 2.88. The van der Waals surface area contributed by atoms with Crippen LogP contribution >= 0.6 is 11.5 Å². The molecular formula is C7H8F3N3OS. The number of aromatic nitrogens is 2. The highest BCUT2D eigenvalue weighted by molar-refractivity contribution is 7.09. The second-order valence-corrected chi connectivity index (χ2v) is 4.02. The van der Waals surface area contributed by atoms with E-state index in [0.29, 0.717) is 31.0 Å². The van der Waals surface area contributed by atoms with Gasteiger partial charge in [-0.1, -0.05) is 0 Å². The molecular weight excluding hydrogens is 231 g/mol. The van der Waals surface area contributed by atoms with Gasteiger partial charge in [-0.05, 0) is 6.42 Å². The van der Waals surface area contributed by atoms with Crippen LogP contribution in [-0.4, -0.2) is 33.7 Å². The first kappa shape index (κ1) is 10.6. The van der Waals surface area contributed by atoms with Gasteiger partial charge in [0.25, 0.3) is 0 Å². The number of nitrogens with zero attached hydrogens (tertiary/aromatic N) is 3. The predicted octanol–water partition coefficient (Wildman–Crippen LogP) is 1.13. The maximum absolute atomic E-state index is 12.2. The van der Waals surface area contributed by atoms with Gasteiger partial charge in [-0.2, -0.15) is 22.5 Å². The molecule has 0 bridgehead atoms. The maximum atomic E-state index is 12.2. The number of alkyl halides is 3. The lowest BCUT2D eigenvalue weighted by molar-refractivity contribution is -0.144. The maximum Gasteiger partial charge on any atom is 0.452 e. The van der Waals surface area contributed by atoms with Crippen molar-refractivity contribution in [3.8, 4) is 0 Å². The number of hydrogen-bond donors (Lipinski definition) is 1. The molecule has 0 radical (unpaired) electrons. The molecule has 0 aliphatic carbocycles. The first-order valence-electron chi connectivity index (χ1n) is 4.31. The minimum absolute atomic E-state index is 0.221. The van der Waals surface area contributed by atoms with E-state index in [0.717, 1.165) is 0 Å². The molecule has 1 aliphatic rings. The van der Waals surface area contributed by atoms with Gasteiger partial charge in [0.05, 0.1) is 6.10 Å². The summed E-state index contributed by atoms with van der Waals surface area (Å²) in [6.45, 7) is 0.847. The van der Waals surface area contributed by atoms with Crippen molar-refractivity contribution < 1.29 is 18.3 Å². The van der Waals surface area contributed by atoms with Crippen LogP contribution in [0.5, 0.6) is 0 Å². The molecule has 0 spiro atoms. The highest BCUT2D eigenvalue weighted by Gasteiger charge is 2.37. The normalized spacial score (nSPS) is 22.4. The topological polar surface area (TPSA) is 49.2 Å². The lowest BCUT2D eigenvalue weighted by atomic mass is 10.3. The Labute approximate surface area is 87.5 Å². The van der Waals surface area contributed by atoms with E-state index in [1.165, 1.54) is 0 Å². The smallest absolute Gasteiger partial charge is 0.391 e. The van der Waals surface area contributed by atoms with E-state index in [9.17, 15) is 18.3 Å². The highest BCUT2D eigenvalue weighted by Crippen LogP contribution is 2.31. The number of halogens is 3. The molecule has 84 valence electrons. The lowest BCUT2D eigenvalue weighted by Gasteiger charge is -2.11. The Bertz CT molecular complexity index is 353. The monoisotopic (exact) mass is 239 g/mol. The Morgan fingerprint density at radius 1 is 1.47 bits per heavy atom. The largest absolute Gasteiger partial charge is 0.452 e. The van der Waals surface area contributed by atoms with Gasteiger partial charge in [-0.25, -0.2) is 0 Å². The van der Waals surface area contributed by atoms with Crippen molar-refractivity contribution in [2.24, 2.45) is 0 Å². The molecule has 1 aromatic heterocycles. The van der Waals surface area contributed by atoms with Crippen LogP contribution in [0.15, 0.2) is 0 Å². The van der Waals surface area contributed by atoms with Gasteiger partial charge >= 0.3 is 6.18 Å². The molecule has 1 aromatic rings. The summed E-state index contributed by atoms with van der Waals surface area (Å²) in [6, 6.07) is 0. The van der Waals surface area contributed by atoms with Crippen molar-refractivity contribution in [3.63, 3.8) is 0 Å². The molecule has 15 heavy (non-hydrogen) atoms. The summed E-state index contributed by atoms with van der Waals surface area (Å²) in [5, 5.41) is 9.44. The standard InChI is InChI=1S/C7H8F3N3OS/c8-7(9,10)5-11-6(15-12-5)13-2-1-4(14)3-13/h4,14H,1-3H2/t4-/m0/s1. The van der Waals surface area contributed by atoms with Crippen LogP contribution in [-0.2, 0) is 6.18 Å². The molecule has 4 nitrogen and oxygen atoms in total. The quantitative estimate of drug-likeness (QED) is 0.798. The van der Waals surface area contributed by atoms with Crippen molar-refractivity contribution >= 4 is 16.7 Å². The summed E-state index contributed by atoms with van der Waals surface area (Å²) in [5.74, 6) is -1.11. The van der Waals surface area contributed by atoms with Crippen LogP contribution in [0, 0.1) is 0 Å². The van der Waals surface area contributed by atoms with Gasteiger partial charge in [-0.15, -0.1) is 0 Å². The van der Waals surface area contributed by atoms with Gasteiger partial charge in [0.15, 0.2) is 0 Å². The zero-order chi connectivity index (χ0) is 11.1. The Morgan fingerprint density at radius 2 is 2.20 bits per heavy atom. The fourth-order valence-corrected chi connectivity index (χ4v) is 2.10. The molecule has 1 aliphatic heterocycles. The van der Waals surface area contributed by atoms with E-state index in [2.05, 4.69) is 9.36 Å². The molecule has 1 saturated heterocycles. The number of aliphatic hydroxyl groups is 1. The highest BCUT2D eigenvalue weighted by atomic mass is 32.1. The van der Waals surface area contributed by atoms with Gasteiger partial charge in [0.1, 0.15) is 0 Å². The van der Waals surface area contributed by atoms with E-state index in [-0.39, 0.29) is 5.13 Å². The Morgan fingerprint density at radius 3 is 2.67 bits per heavy atom. The van der Waals surface area contributed by atoms with E-state index >= 15 is 0 Å². The summed E-state index contributed by atoms with van der Waals surface area (Å²) in [5.41, 5.74) is 0. The van der Waals surface area contributed by atoms with E-state index in [1.54, 1.807) is 4.90 Å². The zero-order valence-electron chi connectivity index (χ0n) is 7.53. The number of hydrogen-bond acceptors (Lipinski definition) is 5. The number of anilines is 1. The lowest BCUT2D eigenvalue weighted by Crippen LogP contribution is -2.21. The SMILES string of the molecule is O[C@H]1CCN(c2nc(C(F)(F)F)ns2)C1. The third-order valence-electron chi connectivity index (χ3n) is 2.10. The molecule has 1 fully saturated rings. The average molecular weight is 239 g/mol. The van der Waals surface area contributed by atoms with Crippen LogP contribution in [0.1, 0.15) is 12.2 Å². The molecule has 0 saturated carbocycles. The van der Waals surface area contributed by atoms with Crippen molar-refractivity contribution in [1.82, 2.24) is 9.36 Å². The van der Waals surface area contributed by atoms with Crippen LogP contribution in [0.3, 0.4) is 0 Å². The summed E-state index contributed by atoms with van der Waals surface area (Å²) < 4.78 is 39.8. The molecule has 0 amide bonds. The fraction of sp³-hybridized carbons (Fsp3) is 0.714. The molecule has 8 heteroatoms. The number of rotatable bonds is 1. The molecule has 0 unspecified atom stereocenters. The van der Waals surface area contributed by atoms with Crippen molar-refractivity contribution in [2.75, 3.05) is 18.0 Å². The summed E-state index contributed by atoms with van der Waals surface area (Å²) in [4.78, 5) is 5.00. The third kappa shape index (κ3) is 2.20. The molecule has 2 heterocycles. The van der Waals surface area contributed by atoms with Gasteiger partial charge in [-0.3, -0.25) is 0 Å². The Kier molecular flexibility index (Phi) is 2.55. The van der Waals surface area contributed by atoms with E-state index in [4.69, 9.17) is 0 Å². The minimum Gasteiger partial charge on any atom is -0.391 e. The van der Waals surface area contributed by atoms with E-state index < -0.39 is 18.1 Å². The Balaban J connectivity index is 2.14. The second-order valence-electron chi connectivity index (χ2n) is 3.29. The molecule has 1 atom stereocenters. The van der Waals surface area contributed by atoms with Gasteiger partial charge in [0, 0.05) is 24.6 Å². The van der Waals surface area contributed by atoms with Crippen LogP contribution in [0.25, 0.3) is 0 Å². The first-order chi connectivity index (χ1) is 6.97. The summed E-state index contributed by atoms with van der Waals surface area (Å²) >= 11 is 0.709. The molecule has 0 aromatic carbocycles. The van der Waals surface area contributed by atoms with Gasteiger partial charge in [0.2, 0.25) is 11.0 Å². The van der Waals surface area contributed by atoms with Crippen molar-refractivity contribution in [2.45, 2.75) is 18.7 Å². The van der Waals surface area contributed by atoms with Crippen LogP contribution in [0.2, 0.25) is 0 Å². The minimum atomic E-state index is -4.49. The van der Waals surface area contributed by atoms with Gasteiger partial charge < -0.3 is 10.0 Å². The molecule has 1 N–H and O–H groups in total. The number of aliphatic hydroxyl groups excluding tert-OH is 1. The fourth-order valence-electron chi connectivity index (χ4n) is 1.37. The second kappa shape index (κ2) is 3.60. The van der Waals surface area contributed by atoms with Crippen LogP contribution < -0.4 is 4.90 Å². The van der Waals surface area contributed by atoms with Crippen molar-refractivity contribution in [3.05, 3.63) is 5.82 Å². The first-order valence-corrected chi connectivity index (χ1v) is 5.08. The van der Waals surface area contributed by atoms with E-state index in [1.807, 2.05) is 0 Å². The summed E-state index contributed by atoms with van der Waals surface area (Å²) in [7, 11) is 0. The average Bonchev–Trinajstić information content (AvgIpc) is 2.69. The van der Waals surface area contributed by atoms with Crippen LogP contribution in [0.4, 0.5) is 18.3 Å². The molecule has 2 rings (SSSR count). The number of β-amino-alcohol motifs (C(OH)–C–C–N with tert-alkyl or cyclic N) is 1. The summed E-state index contributed by atoms with van der Waals surface area (Å²) in [6.07, 6.45) is -4.42. The predicted molar refractivity (Wildman–Crippen MR) is 47.7 cm³/mol. The Hall–Kier alpha value is -0.890.